The van der Waals surface area contributed by atoms with Gasteiger partial charge in [-0.15, -0.1) is 11.3 Å². The van der Waals surface area contributed by atoms with Crippen molar-refractivity contribution in [2.24, 2.45) is 13.0 Å². The number of hydrogen-bond donors (Lipinski definition) is 0. The van der Waals surface area contributed by atoms with Gasteiger partial charge in [0.1, 0.15) is 10.8 Å². The summed E-state index contributed by atoms with van der Waals surface area (Å²) in [5, 5.41) is 7.94. The summed E-state index contributed by atoms with van der Waals surface area (Å²) in [6.07, 6.45) is 2.94. The molecule has 1 aliphatic carbocycles. The average molecular weight is 354 g/mol. The highest BCUT2D eigenvalue weighted by Gasteiger charge is 2.43. The smallest absolute Gasteiger partial charge is 0.123 e. The topological polar surface area (TPSA) is 34.0 Å². The number of aromatic nitrogens is 3. The Labute approximate surface area is 149 Å². The van der Waals surface area contributed by atoms with E-state index in [1.54, 1.807) is 23.5 Å². The molecule has 1 saturated heterocycles. The van der Waals surface area contributed by atoms with E-state index in [0.29, 0.717) is 11.8 Å². The number of benzene rings is 1. The maximum absolute atomic E-state index is 13.7. The van der Waals surface area contributed by atoms with Gasteiger partial charge in [0.15, 0.2) is 0 Å². The van der Waals surface area contributed by atoms with Gasteiger partial charge in [-0.3, -0.25) is 9.58 Å². The largest absolute Gasteiger partial charge is 0.296 e. The molecule has 2 aliphatic rings. The summed E-state index contributed by atoms with van der Waals surface area (Å²) >= 11 is 1.72. The SMILES string of the molecule is Cn1nc(-c2cccc(F)c2)c2c1C[C@H]1CN(Cc3nccs3)C[C@H]21. The molecule has 3 aromatic rings. The Balaban J connectivity index is 1.47. The molecule has 4 nitrogen and oxygen atoms in total. The molecule has 2 aromatic heterocycles. The van der Waals surface area contributed by atoms with Crippen LogP contribution >= 0.6 is 11.3 Å². The fourth-order valence-electron chi connectivity index (χ4n) is 4.45. The molecule has 1 fully saturated rings. The van der Waals surface area contributed by atoms with Gasteiger partial charge in [-0.1, -0.05) is 12.1 Å². The highest BCUT2D eigenvalue weighted by atomic mass is 32.1. The lowest BCUT2D eigenvalue weighted by Gasteiger charge is -2.15. The first-order chi connectivity index (χ1) is 12.2. The zero-order valence-corrected chi connectivity index (χ0v) is 14.8. The second-order valence-corrected chi connectivity index (χ2v) is 8.01. The zero-order chi connectivity index (χ0) is 17.0. The van der Waals surface area contributed by atoms with Gasteiger partial charge in [-0.2, -0.15) is 5.10 Å². The molecule has 0 saturated carbocycles. The number of nitrogens with zero attached hydrogens (tertiary/aromatic N) is 4. The average Bonchev–Trinajstić information content (AvgIpc) is 3.32. The Morgan fingerprint density at radius 1 is 1.32 bits per heavy atom. The van der Waals surface area contributed by atoms with Crippen LogP contribution in [0.15, 0.2) is 35.8 Å². The highest BCUT2D eigenvalue weighted by Crippen LogP contribution is 2.47. The van der Waals surface area contributed by atoms with Gasteiger partial charge < -0.3 is 0 Å². The van der Waals surface area contributed by atoms with Crippen molar-refractivity contribution in [3.8, 4) is 11.3 Å². The van der Waals surface area contributed by atoms with E-state index in [2.05, 4.69) is 9.88 Å². The van der Waals surface area contributed by atoms with Crippen LogP contribution in [0, 0.1) is 11.7 Å². The highest BCUT2D eigenvalue weighted by molar-refractivity contribution is 7.09. The van der Waals surface area contributed by atoms with Crippen molar-refractivity contribution >= 4 is 11.3 Å². The standard InChI is InChI=1S/C19H19FN4S/c1-23-16-8-13-9-24(11-17-21-5-6-25-17)10-15(13)18(16)19(22-23)12-3-2-4-14(20)7-12/h2-7,13,15H,8-11H2,1H3/t13-,15-/m0/s1. The van der Waals surface area contributed by atoms with Crippen molar-refractivity contribution in [3.63, 3.8) is 0 Å². The summed E-state index contributed by atoms with van der Waals surface area (Å²) in [5.41, 5.74) is 4.50. The Morgan fingerprint density at radius 3 is 3.04 bits per heavy atom. The predicted octanol–water partition coefficient (Wildman–Crippen LogP) is 3.45. The van der Waals surface area contributed by atoms with Gasteiger partial charge in [0.25, 0.3) is 0 Å². The molecule has 1 aromatic carbocycles. The molecule has 0 N–H and O–H groups in total. The lowest BCUT2D eigenvalue weighted by molar-refractivity contribution is 0.313. The summed E-state index contributed by atoms with van der Waals surface area (Å²) in [6, 6.07) is 6.81. The molecule has 0 bridgehead atoms. The van der Waals surface area contributed by atoms with Crippen molar-refractivity contribution in [1.29, 1.82) is 0 Å². The van der Waals surface area contributed by atoms with Crippen LogP contribution in [0.5, 0.6) is 0 Å². The van der Waals surface area contributed by atoms with Crippen LogP contribution in [-0.4, -0.2) is 32.8 Å². The van der Waals surface area contributed by atoms with Crippen molar-refractivity contribution < 1.29 is 4.39 Å². The fraction of sp³-hybridized carbons (Fsp3) is 0.368. The number of halogens is 1. The number of fused-ring (bicyclic) bond motifs is 3. The first-order valence-corrected chi connectivity index (χ1v) is 9.49. The van der Waals surface area contributed by atoms with Crippen molar-refractivity contribution in [2.45, 2.75) is 18.9 Å². The van der Waals surface area contributed by atoms with Gasteiger partial charge in [0.05, 0.1) is 12.2 Å². The molecule has 0 unspecified atom stereocenters. The van der Waals surface area contributed by atoms with Crippen molar-refractivity contribution in [1.82, 2.24) is 19.7 Å². The third-order valence-electron chi connectivity index (χ3n) is 5.49. The number of hydrogen-bond acceptors (Lipinski definition) is 4. The van der Waals surface area contributed by atoms with Crippen molar-refractivity contribution in [3.05, 3.63) is 57.9 Å². The van der Waals surface area contributed by atoms with E-state index in [9.17, 15) is 4.39 Å². The minimum absolute atomic E-state index is 0.205. The van der Waals surface area contributed by atoms with Crippen LogP contribution in [0.2, 0.25) is 0 Å². The van der Waals surface area contributed by atoms with Crippen LogP contribution < -0.4 is 0 Å². The van der Waals surface area contributed by atoms with Gasteiger partial charge >= 0.3 is 0 Å². The number of likely N-dealkylation sites (tertiary alicyclic amines) is 1. The summed E-state index contributed by atoms with van der Waals surface area (Å²) < 4.78 is 15.7. The zero-order valence-electron chi connectivity index (χ0n) is 14.0. The van der Waals surface area contributed by atoms with Crippen LogP contribution in [0.1, 0.15) is 22.2 Å². The second-order valence-electron chi connectivity index (χ2n) is 7.03. The summed E-state index contributed by atoms with van der Waals surface area (Å²) in [4.78, 5) is 6.92. The minimum atomic E-state index is -0.205. The van der Waals surface area contributed by atoms with E-state index < -0.39 is 0 Å². The molecular formula is C19H19FN4S. The molecule has 0 spiro atoms. The van der Waals surface area contributed by atoms with Gasteiger partial charge in [-0.25, -0.2) is 9.37 Å². The molecule has 128 valence electrons. The second kappa shape index (κ2) is 5.75. The Bertz CT molecular complexity index is 918. The lowest BCUT2D eigenvalue weighted by Crippen LogP contribution is -2.21. The normalized spacial score (nSPS) is 22.3. The summed E-state index contributed by atoms with van der Waals surface area (Å²) in [5.74, 6) is 0.914. The summed E-state index contributed by atoms with van der Waals surface area (Å²) in [6.45, 7) is 3.06. The predicted molar refractivity (Wildman–Crippen MR) is 95.9 cm³/mol. The first-order valence-electron chi connectivity index (χ1n) is 8.61. The van der Waals surface area contributed by atoms with E-state index in [0.717, 1.165) is 37.3 Å². The van der Waals surface area contributed by atoms with Crippen LogP contribution in [-0.2, 0) is 20.0 Å². The minimum Gasteiger partial charge on any atom is -0.296 e. The quantitative estimate of drug-likeness (QED) is 0.722. The molecule has 3 heterocycles. The van der Waals surface area contributed by atoms with Gasteiger partial charge in [0, 0.05) is 54.5 Å². The molecule has 25 heavy (non-hydrogen) atoms. The van der Waals surface area contributed by atoms with E-state index in [1.165, 1.54) is 22.3 Å². The van der Waals surface area contributed by atoms with Gasteiger partial charge in [-0.05, 0) is 24.5 Å². The fourth-order valence-corrected chi connectivity index (χ4v) is 5.11. The van der Waals surface area contributed by atoms with E-state index in [4.69, 9.17) is 5.10 Å². The Morgan fingerprint density at radius 2 is 2.24 bits per heavy atom. The maximum atomic E-state index is 13.7. The third-order valence-corrected chi connectivity index (χ3v) is 6.25. The molecule has 0 amide bonds. The molecular weight excluding hydrogens is 335 g/mol. The number of aryl methyl sites for hydroxylation is 1. The number of rotatable bonds is 3. The lowest BCUT2D eigenvalue weighted by atomic mass is 9.94. The number of thiazole rings is 1. The Kier molecular flexibility index (Phi) is 3.50. The Hall–Kier alpha value is -2.05. The molecule has 2 atom stereocenters. The van der Waals surface area contributed by atoms with Crippen LogP contribution in [0.4, 0.5) is 4.39 Å². The van der Waals surface area contributed by atoms with E-state index in [-0.39, 0.29) is 5.82 Å². The van der Waals surface area contributed by atoms with Crippen molar-refractivity contribution in [2.75, 3.05) is 13.1 Å². The molecule has 6 heteroatoms. The van der Waals surface area contributed by atoms with Crippen LogP contribution in [0.25, 0.3) is 11.3 Å². The first kappa shape index (κ1) is 15.2. The molecule has 1 aliphatic heterocycles. The summed E-state index contributed by atoms with van der Waals surface area (Å²) in [7, 11) is 2.01. The molecule has 5 rings (SSSR count). The van der Waals surface area contributed by atoms with E-state index in [1.807, 2.05) is 29.4 Å². The van der Waals surface area contributed by atoms with Crippen LogP contribution in [0.3, 0.4) is 0 Å². The molecule has 0 radical (unpaired) electrons. The maximum Gasteiger partial charge on any atom is 0.123 e. The van der Waals surface area contributed by atoms with E-state index >= 15 is 0 Å². The third kappa shape index (κ3) is 2.51. The monoisotopic (exact) mass is 354 g/mol. The van der Waals surface area contributed by atoms with Gasteiger partial charge in [0.2, 0.25) is 0 Å².